The molecule has 0 unspecified atom stereocenters. The summed E-state index contributed by atoms with van der Waals surface area (Å²) in [7, 11) is -4.07. The molecule has 2 heterocycles. The largest absolute Gasteiger partial charge is 0.504 e. The van der Waals surface area contributed by atoms with Crippen LogP contribution in [0.25, 0.3) is 0 Å². The van der Waals surface area contributed by atoms with E-state index in [-0.39, 0.29) is 53.0 Å². The predicted molar refractivity (Wildman–Crippen MR) is 95.4 cm³/mol. The molecule has 2 aromatic carbocycles. The molecule has 0 saturated heterocycles. The van der Waals surface area contributed by atoms with Crippen molar-refractivity contribution in [1.29, 1.82) is 0 Å². The van der Waals surface area contributed by atoms with E-state index >= 15 is 0 Å². The number of hydrogen-bond acceptors (Lipinski definition) is 6. The zero-order valence-corrected chi connectivity index (χ0v) is 15.8. The van der Waals surface area contributed by atoms with Gasteiger partial charge in [-0.15, -0.1) is 0 Å². The Bertz CT molecular complexity index is 1120. The number of sulfonamides is 1. The number of carbonyl (C=O) groups excluding carboxylic acids is 1. The molecule has 2 aromatic rings. The first-order chi connectivity index (χ1) is 13.2. The molecule has 0 aromatic heterocycles. The quantitative estimate of drug-likeness (QED) is 0.627. The van der Waals surface area contributed by atoms with Crippen LogP contribution >= 0.6 is 11.6 Å². The van der Waals surface area contributed by atoms with E-state index in [9.17, 15) is 27.8 Å². The Balaban J connectivity index is 1.81. The van der Waals surface area contributed by atoms with E-state index in [1.165, 1.54) is 17.0 Å². The lowest BCUT2D eigenvalue weighted by Crippen LogP contribution is -2.26. The van der Waals surface area contributed by atoms with Gasteiger partial charge in [0.1, 0.15) is 17.3 Å². The van der Waals surface area contributed by atoms with Gasteiger partial charge < -0.3 is 19.8 Å². The monoisotopic (exact) mass is 428 g/mol. The predicted octanol–water partition coefficient (Wildman–Crippen LogP) is 1.72. The fourth-order valence-corrected chi connectivity index (χ4v) is 4.92. The van der Waals surface area contributed by atoms with Crippen LogP contribution in [-0.2, 0) is 23.1 Å². The van der Waals surface area contributed by atoms with Crippen LogP contribution in [0, 0.1) is 5.82 Å². The smallest absolute Gasteiger partial charge is 0.258 e. The summed E-state index contributed by atoms with van der Waals surface area (Å²) in [6, 6.07) is 3.95. The zero-order chi connectivity index (χ0) is 20.2. The SMILES string of the molecule is O=C1c2c(O)c(O)c3c(c2CN1Cc1ccc(F)c(Cl)c1)S(=O)(=O)NCCO3. The second kappa shape index (κ2) is 6.50. The number of hydrogen-bond donors (Lipinski definition) is 3. The van der Waals surface area contributed by atoms with Crippen LogP contribution in [0.4, 0.5) is 4.39 Å². The molecule has 28 heavy (non-hydrogen) atoms. The first kappa shape index (κ1) is 18.8. The number of fused-ring (bicyclic) bond motifs is 3. The third kappa shape index (κ3) is 2.84. The van der Waals surface area contributed by atoms with Crippen molar-refractivity contribution in [2.75, 3.05) is 13.2 Å². The fourth-order valence-electron chi connectivity index (χ4n) is 3.33. The van der Waals surface area contributed by atoms with Crippen LogP contribution in [-0.4, -0.2) is 42.6 Å². The molecule has 0 saturated carbocycles. The lowest BCUT2D eigenvalue weighted by atomic mass is 10.1. The van der Waals surface area contributed by atoms with Crippen LogP contribution in [0.5, 0.6) is 17.2 Å². The van der Waals surface area contributed by atoms with E-state index in [4.69, 9.17) is 16.3 Å². The number of amides is 1. The summed E-state index contributed by atoms with van der Waals surface area (Å²) in [6.45, 7) is -0.234. The summed E-state index contributed by atoms with van der Waals surface area (Å²) >= 11 is 5.77. The molecular weight excluding hydrogens is 415 g/mol. The maximum absolute atomic E-state index is 13.4. The first-order valence-corrected chi connectivity index (χ1v) is 10.0. The van der Waals surface area contributed by atoms with Crippen molar-refractivity contribution < 1.29 is 32.6 Å². The van der Waals surface area contributed by atoms with Crippen molar-refractivity contribution in [2.24, 2.45) is 0 Å². The van der Waals surface area contributed by atoms with Gasteiger partial charge in [-0.3, -0.25) is 4.79 Å². The van der Waals surface area contributed by atoms with Crippen molar-refractivity contribution in [3.8, 4) is 17.2 Å². The topological polar surface area (TPSA) is 116 Å². The number of phenols is 2. The molecule has 0 atom stereocenters. The van der Waals surface area contributed by atoms with E-state index in [2.05, 4.69) is 4.72 Å². The van der Waals surface area contributed by atoms with Crippen LogP contribution in [0.3, 0.4) is 0 Å². The van der Waals surface area contributed by atoms with Gasteiger partial charge >= 0.3 is 0 Å². The highest BCUT2D eigenvalue weighted by atomic mass is 35.5. The molecule has 1 amide bonds. The maximum Gasteiger partial charge on any atom is 0.258 e. The number of halogens is 2. The van der Waals surface area contributed by atoms with E-state index in [1.54, 1.807) is 0 Å². The molecule has 8 nitrogen and oxygen atoms in total. The maximum atomic E-state index is 13.4. The van der Waals surface area contributed by atoms with Crippen molar-refractivity contribution in [1.82, 2.24) is 9.62 Å². The average Bonchev–Trinajstić information content (AvgIpc) is 2.84. The summed E-state index contributed by atoms with van der Waals surface area (Å²) < 4.78 is 46.2. The molecule has 0 fully saturated rings. The zero-order valence-electron chi connectivity index (χ0n) is 14.2. The second-order valence-electron chi connectivity index (χ2n) is 6.36. The Morgan fingerprint density at radius 1 is 1.29 bits per heavy atom. The highest BCUT2D eigenvalue weighted by molar-refractivity contribution is 7.89. The minimum Gasteiger partial charge on any atom is -0.504 e. The van der Waals surface area contributed by atoms with Gasteiger partial charge in [-0.05, 0) is 17.7 Å². The number of rotatable bonds is 2. The van der Waals surface area contributed by atoms with Crippen molar-refractivity contribution in [3.05, 3.63) is 45.7 Å². The highest BCUT2D eigenvalue weighted by Gasteiger charge is 2.41. The summed E-state index contributed by atoms with van der Waals surface area (Å²) in [5.74, 6) is -3.22. The molecule has 2 aliphatic heterocycles. The number of carbonyl (C=O) groups is 1. The Labute approximate surface area is 164 Å². The molecule has 0 aliphatic carbocycles. The summed E-state index contributed by atoms with van der Waals surface area (Å²) in [6.07, 6.45) is 0. The highest BCUT2D eigenvalue weighted by Crippen LogP contribution is 2.49. The van der Waals surface area contributed by atoms with Crippen molar-refractivity contribution in [2.45, 2.75) is 18.0 Å². The third-order valence-corrected chi connectivity index (χ3v) is 6.42. The Morgan fingerprint density at radius 2 is 2.04 bits per heavy atom. The van der Waals surface area contributed by atoms with Crippen LogP contribution in [0.1, 0.15) is 21.5 Å². The Hall–Kier alpha value is -2.56. The summed E-state index contributed by atoms with van der Waals surface area (Å²) in [4.78, 5) is 13.7. The van der Waals surface area contributed by atoms with Gasteiger partial charge in [0.25, 0.3) is 5.91 Å². The van der Waals surface area contributed by atoms with Crippen molar-refractivity contribution >= 4 is 27.5 Å². The average molecular weight is 429 g/mol. The van der Waals surface area contributed by atoms with Gasteiger partial charge in [0.15, 0.2) is 11.5 Å². The normalized spacial score (nSPS) is 17.6. The van der Waals surface area contributed by atoms with E-state index in [1.807, 2.05) is 0 Å². The minimum atomic E-state index is -4.07. The van der Waals surface area contributed by atoms with E-state index in [0.717, 1.165) is 6.07 Å². The second-order valence-corrected chi connectivity index (χ2v) is 8.48. The van der Waals surface area contributed by atoms with Gasteiger partial charge in [0.2, 0.25) is 15.8 Å². The molecule has 0 radical (unpaired) electrons. The number of phenolic OH excluding ortho intramolecular Hbond substituents is 2. The molecule has 148 valence electrons. The minimum absolute atomic E-state index is 0.00315. The summed E-state index contributed by atoms with van der Waals surface area (Å²) in [5, 5.41) is 20.4. The lowest BCUT2D eigenvalue weighted by Gasteiger charge is -2.16. The van der Waals surface area contributed by atoms with Crippen LogP contribution in [0.2, 0.25) is 5.02 Å². The molecule has 3 N–H and O–H groups in total. The number of nitrogens with zero attached hydrogens (tertiary/aromatic N) is 1. The molecule has 4 rings (SSSR count). The van der Waals surface area contributed by atoms with Crippen LogP contribution in [0.15, 0.2) is 23.1 Å². The third-order valence-electron chi connectivity index (χ3n) is 4.58. The van der Waals surface area contributed by atoms with E-state index < -0.39 is 33.2 Å². The van der Waals surface area contributed by atoms with Gasteiger partial charge in [0.05, 0.1) is 10.6 Å². The molecule has 0 bridgehead atoms. The molecule has 2 aliphatic rings. The van der Waals surface area contributed by atoms with Crippen LogP contribution < -0.4 is 9.46 Å². The van der Waals surface area contributed by atoms with Gasteiger partial charge in [0, 0.05) is 25.2 Å². The number of aromatic hydroxyl groups is 2. The summed E-state index contributed by atoms with van der Waals surface area (Å²) in [5.41, 5.74) is 0.234. The van der Waals surface area contributed by atoms with E-state index in [0.29, 0.717) is 5.56 Å². The Morgan fingerprint density at radius 3 is 2.75 bits per heavy atom. The fraction of sp³-hybridized carbons (Fsp3) is 0.235. The molecular formula is C17H14ClFN2O6S. The van der Waals surface area contributed by atoms with Gasteiger partial charge in [-0.2, -0.15) is 0 Å². The van der Waals surface area contributed by atoms with Gasteiger partial charge in [-0.1, -0.05) is 17.7 Å². The van der Waals surface area contributed by atoms with Gasteiger partial charge in [-0.25, -0.2) is 17.5 Å². The first-order valence-electron chi connectivity index (χ1n) is 8.17. The lowest BCUT2D eigenvalue weighted by molar-refractivity contribution is 0.0764. The number of nitrogens with one attached hydrogen (secondary N) is 1. The standard InChI is InChI=1S/C17H14ClFN2O6S/c18-10-5-8(1-2-11(10)19)6-21-7-9-12(17(21)24)13(22)14(23)15-16(9)28(25,26)20-3-4-27-15/h1-2,5,20,22-23H,3-4,6-7H2. The molecule has 0 spiro atoms. The van der Waals surface area contributed by atoms with Crippen molar-refractivity contribution in [3.63, 3.8) is 0 Å². The molecule has 11 heteroatoms. The number of benzene rings is 2. The Kier molecular flexibility index (Phi) is 4.36. The number of ether oxygens (including phenoxy) is 1.